The number of fused-ring (bicyclic) bond motifs is 4. The van der Waals surface area contributed by atoms with Crippen molar-refractivity contribution >= 4 is 52.3 Å². The van der Waals surface area contributed by atoms with Gasteiger partial charge in [-0.05, 0) is 72.9 Å². The van der Waals surface area contributed by atoms with E-state index in [-0.39, 0.29) is 36.2 Å². The number of hydrogen-bond donors (Lipinski definition) is 1. The van der Waals surface area contributed by atoms with Crippen LogP contribution in [0.25, 0.3) is 0 Å². The van der Waals surface area contributed by atoms with Gasteiger partial charge in [0.05, 0.1) is 54.9 Å². The Bertz CT molecular complexity index is 2220. The van der Waals surface area contributed by atoms with Crippen molar-refractivity contribution in [1.82, 2.24) is 0 Å². The summed E-state index contributed by atoms with van der Waals surface area (Å²) < 4.78 is 11.1. The van der Waals surface area contributed by atoms with Crippen LogP contribution in [0, 0.1) is 23.7 Å². The van der Waals surface area contributed by atoms with E-state index in [1.807, 2.05) is 60.7 Å². The van der Waals surface area contributed by atoms with Crippen LogP contribution in [-0.2, 0) is 29.3 Å². The summed E-state index contributed by atoms with van der Waals surface area (Å²) in [5.74, 6) is -5.26. The van der Waals surface area contributed by atoms with Gasteiger partial charge in [-0.15, -0.1) is 0 Å². The first-order valence-electron chi connectivity index (χ1n) is 18.3. The normalized spacial score (nSPS) is 27.8. The molecule has 5 aliphatic rings. The molecule has 4 aromatic rings. The predicted octanol–water partition coefficient (Wildman–Crippen LogP) is 6.26. The molecule has 9 rings (SSSR count). The zero-order chi connectivity index (χ0) is 37.3. The van der Waals surface area contributed by atoms with Crippen LogP contribution >= 0.6 is 11.6 Å². The van der Waals surface area contributed by atoms with E-state index in [2.05, 4.69) is 4.90 Å². The summed E-state index contributed by atoms with van der Waals surface area (Å²) in [6, 6.07) is 28.5. The number of aromatic hydroxyl groups is 1. The molecule has 54 heavy (non-hydrogen) atoms. The Morgan fingerprint density at radius 3 is 2.22 bits per heavy atom. The third kappa shape index (κ3) is 4.96. The number of nitrogens with zero attached hydrogens (tertiary/aromatic N) is 3. The topological polar surface area (TPSA) is 117 Å². The molecule has 1 N–H and O–H groups in total. The quantitative estimate of drug-likeness (QED) is 0.182. The third-order valence-electron chi connectivity index (χ3n) is 12.2. The molecule has 3 aliphatic heterocycles. The lowest BCUT2D eigenvalue weighted by Gasteiger charge is -2.50. The Morgan fingerprint density at radius 2 is 1.50 bits per heavy atom. The predicted molar refractivity (Wildman–Crippen MR) is 203 cm³/mol. The highest BCUT2D eigenvalue weighted by Crippen LogP contribution is 2.65. The standard InChI is InChI=1S/C43H38ClN3O7/c1-53-35-12-6-11-32(38(35)48)37-30-17-18-31-36(41(51)46(39(31)49)28-15-13-27(14-16-28)45-19-21-54-22-20-45)33(30)24-34-40(50)47(29-10-5-9-26(44)23-29)42(52)43(34,37)25-7-3-2-4-8-25/h2-17,23,31,33-34,36-37,48H,18-22,24H2,1H3. The number of phenolic OH excluding ortho intramolecular Hbond substituents is 1. The van der Waals surface area contributed by atoms with Crippen molar-refractivity contribution in [2.24, 2.45) is 23.7 Å². The number of amides is 4. The lowest BCUT2D eigenvalue weighted by atomic mass is 9.49. The van der Waals surface area contributed by atoms with Crippen LogP contribution in [0.15, 0.2) is 109 Å². The fourth-order valence-electron chi connectivity index (χ4n) is 9.91. The maximum absolute atomic E-state index is 15.4. The molecule has 1 saturated carbocycles. The van der Waals surface area contributed by atoms with Gasteiger partial charge >= 0.3 is 0 Å². The molecule has 2 aliphatic carbocycles. The molecule has 6 atom stereocenters. The van der Waals surface area contributed by atoms with E-state index in [0.29, 0.717) is 40.7 Å². The maximum Gasteiger partial charge on any atom is 0.246 e. The molecule has 3 heterocycles. The molecule has 0 spiro atoms. The van der Waals surface area contributed by atoms with Gasteiger partial charge < -0.3 is 19.5 Å². The zero-order valence-corrected chi connectivity index (χ0v) is 30.3. The minimum Gasteiger partial charge on any atom is -0.504 e. The number of hydrogen-bond acceptors (Lipinski definition) is 8. The molecule has 4 fully saturated rings. The molecular weight excluding hydrogens is 706 g/mol. The number of benzene rings is 4. The fraction of sp³-hybridized carbons (Fsp3) is 0.302. The van der Waals surface area contributed by atoms with Crippen molar-refractivity contribution in [2.45, 2.75) is 24.2 Å². The van der Waals surface area contributed by atoms with Gasteiger partial charge in [-0.3, -0.25) is 24.1 Å². The third-order valence-corrected chi connectivity index (χ3v) is 12.4. The van der Waals surface area contributed by atoms with Gasteiger partial charge in [0.1, 0.15) is 0 Å². The Labute approximate surface area is 317 Å². The van der Waals surface area contributed by atoms with Crippen LogP contribution in [0.5, 0.6) is 11.5 Å². The van der Waals surface area contributed by atoms with Crippen LogP contribution in [0.3, 0.4) is 0 Å². The van der Waals surface area contributed by atoms with Gasteiger partial charge in [-0.1, -0.05) is 71.8 Å². The van der Waals surface area contributed by atoms with E-state index < -0.39 is 46.8 Å². The first kappa shape index (κ1) is 34.3. The Hall–Kier alpha value is -5.45. The molecule has 274 valence electrons. The summed E-state index contributed by atoms with van der Waals surface area (Å²) in [6.07, 6.45) is 2.39. The average molecular weight is 744 g/mol. The molecular formula is C43H38ClN3O7. The number of halogens is 1. The molecule has 0 aromatic heterocycles. The number of imide groups is 2. The van der Waals surface area contributed by atoms with Crippen molar-refractivity contribution in [3.63, 3.8) is 0 Å². The maximum atomic E-state index is 15.4. The van der Waals surface area contributed by atoms with Crippen LogP contribution in [-0.4, -0.2) is 62.1 Å². The van der Waals surface area contributed by atoms with E-state index in [1.54, 1.807) is 42.5 Å². The molecule has 11 heteroatoms. The largest absolute Gasteiger partial charge is 0.504 e. The lowest BCUT2D eigenvalue weighted by molar-refractivity contribution is -0.127. The van der Waals surface area contributed by atoms with Crippen molar-refractivity contribution < 1.29 is 33.8 Å². The number of rotatable bonds is 6. The van der Waals surface area contributed by atoms with E-state index >= 15 is 4.79 Å². The van der Waals surface area contributed by atoms with Gasteiger partial charge in [-0.25, -0.2) is 4.90 Å². The Morgan fingerprint density at radius 1 is 0.778 bits per heavy atom. The van der Waals surface area contributed by atoms with Crippen LogP contribution in [0.4, 0.5) is 17.1 Å². The SMILES string of the molecule is COc1cccc(C2C3=CCC4C(=O)N(c5ccc(N6CCOCC6)cc5)C(=O)C4C3CC3C(=O)N(c4cccc(Cl)c4)C(=O)C32c2ccccc2)c1O. The second-order valence-corrected chi connectivity index (χ2v) is 15.1. The van der Waals surface area contributed by atoms with Crippen LogP contribution in [0.2, 0.25) is 5.02 Å². The summed E-state index contributed by atoms with van der Waals surface area (Å²) >= 11 is 6.42. The number of ether oxygens (including phenoxy) is 2. The van der Waals surface area contributed by atoms with E-state index in [1.165, 1.54) is 16.9 Å². The molecule has 0 bridgehead atoms. The van der Waals surface area contributed by atoms with E-state index in [0.717, 1.165) is 24.4 Å². The minimum atomic E-state index is -1.51. The molecule has 10 nitrogen and oxygen atoms in total. The summed E-state index contributed by atoms with van der Waals surface area (Å²) in [5.41, 5.74) is 2.07. The second kappa shape index (κ2) is 13.1. The fourth-order valence-corrected chi connectivity index (χ4v) is 10.1. The van der Waals surface area contributed by atoms with Gasteiger partial charge in [0.15, 0.2) is 11.5 Å². The van der Waals surface area contributed by atoms with Gasteiger partial charge in [0.25, 0.3) is 0 Å². The number of carbonyl (C=O) groups excluding carboxylic acids is 4. The highest BCUT2D eigenvalue weighted by atomic mass is 35.5. The number of allylic oxidation sites excluding steroid dienone is 2. The Balaban J connectivity index is 1.19. The summed E-state index contributed by atoms with van der Waals surface area (Å²) in [7, 11) is 1.46. The summed E-state index contributed by atoms with van der Waals surface area (Å²) in [5, 5.41) is 12.2. The number of anilines is 3. The highest BCUT2D eigenvalue weighted by Gasteiger charge is 2.70. The number of morpholine rings is 1. The van der Waals surface area contributed by atoms with Crippen molar-refractivity contribution in [2.75, 3.05) is 48.1 Å². The molecule has 4 aromatic carbocycles. The zero-order valence-electron chi connectivity index (χ0n) is 29.6. The Kier molecular flexibility index (Phi) is 8.35. The van der Waals surface area contributed by atoms with Crippen molar-refractivity contribution in [3.8, 4) is 11.5 Å². The van der Waals surface area contributed by atoms with Crippen LogP contribution < -0.4 is 19.4 Å². The van der Waals surface area contributed by atoms with Crippen molar-refractivity contribution in [3.05, 3.63) is 125 Å². The minimum absolute atomic E-state index is 0.146. The smallest absolute Gasteiger partial charge is 0.246 e. The second-order valence-electron chi connectivity index (χ2n) is 14.6. The number of carbonyl (C=O) groups is 4. The van der Waals surface area contributed by atoms with Crippen LogP contribution in [0.1, 0.15) is 29.9 Å². The van der Waals surface area contributed by atoms with Gasteiger partial charge in [0, 0.05) is 35.3 Å². The van der Waals surface area contributed by atoms with E-state index in [4.69, 9.17) is 21.1 Å². The number of para-hydroxylation sites is 1. The molecule has 3 saturated heterocycles. The van der Waals surface area contributed by atoms with Gasteiger partial charge in [-0.2, -0.15) is 0 Å². The van der Waals surface area contributed by atoms with Crippen molar-refractivity contribution in [1.29, 1.82) is 0 Å². The number of phenols is 1. The monoisotopic (exact) mass is 743 g/mol. The summed E-state index contributed by atoms with van der Waals surface area (Å²) in [4.78, 5) is 64.1. The molecule has 4 amide bonds. The first-order chi connectivity index (χ1) is 26.2. The average Bonchev–Trinajstić information content (AvgIpc) is 3.59. The molecule has 6 unspecified atom stereocenters. The van der Waals surface area contributed by atoms with E-state index in [9.17, 15) is 19.5 Å². The van der Waals surface area contributed by atoms with Gasteiger partial charge in [0.2, 0.25) is 23.6 Å². The summed E-state index contributed by atoms with van der Waals surface area (Å²) in [6.45, 7) is 2.79. The lowest BCUT2D eigenvalue weighted by Crippen LogP contribution is -2.53. The number of methoxy groups -OCH3 is 1. The first-order valence-corrected chi connectivity index (χ1v) is 18.7. The highest BCUT2D eigenvalue weighted by molar-refractivity contribution is 6.32. The molecule has 0 radical (unpaired) electrons.